The van der Waals surface area contributed by atoms with Crippen molar-refractivity contribution >= 4 is 21.9 Å². The molecule has 0 aliphatic carbocycles. The molecule has 0 aromatic heterocycles. The number of aliphatic carboxylic acids is 1. The predicted octanol–water partition coefficient (Wildman–Crippen LogP) is 3.51. The molecule has 1 amide bonds. The van der Waals surface area contributed by atoms with Crippen LogP contribution in [0.5, 0.6) is 0 Å². The number of carboxylic acids is 1. The highest BCUT2D eigenvalue weighted by Gasteiger charge is 2.42. The first-order valence-corrected chi connectivity index (χ1v) is 12.9. The van der Waals surface area contributed by atoms with Gasteiger partial charge in [-0.25, -0.2) is 17.5 Å². The molecule has 0 fully saturated rings. The summed E-state index contributed by atoms with van der Waals surface area (Å²) in [6.45, 7) is 4.34. The van der Waals surface area contributed by atoms with Gasteiger partial charge in [0.05, 0.1) is 10.9 Å². The average Bonchev–Trinajstić information content (AvgIpc) is 2.81. The summed E-state index contributed by atoms with van der Waals surface area (Å²) >= 11 is 0. The molecule has 1 heterocycles. The van der Waals surface area contributed by atoms with Crippen LogP contribution in [0.1, 0.15) is 56.2 Å². The van der Waals surface area contributed by atoms with Crippen molar-refractivity contribution < 1.29 is 23.1 Å². The first-order valence-electron chi connectivity index (χ1n) is 11.5. The van der Waals surface area contributed by atoms with Crippen molar-refractivity contribution in [2.24, 2.45) is 0 Å². The Hall–Kier alpha value is -2.71. The number of hydrogen-bond donors (Lipinski definition) is 2. The third-order valence-corrected chi connectivity index (χ3v) is 7.83. The van der Waals surface area contributed by atoms with Gasteiger partial charge in [-0.15, -0.1) is 0 Å². The van der Waals surface area contributed by atoms with E-state index in [1.54, 1.807) is 12.1 Å². The average molecular weight is 473 g/mol. The van der Waals surface area contributed by atoms with Gasteiger partial charge in [-0.1, -0.05) is 69.5 Å². The number of hydrogen-bond acceptors (Lipinski definition) is 5. The zero-order valence-electron chi connectivity index (χ0n) is 19.2. The molecule has 0 saturated heterocycles. The lowest BCUT2D eigenvalue weighted by atomic mass is 9.95. The summed E-state index contributed by atoms with van der Waals surface area (Å²) in [5.74, 6) is -2.05. The minimum absolute atomic E-state index is 0.0635. The van der Waals surface area contributed by atoms with E-state index in [4.69, 9.17) is 0 Å². The van der Waals surface area contributed by atoms with Gasteiger partial charge < -0.3 is 10.4 Å². The largest absolute Gasteiger partial charge is 0.480 e. The second-order valence-corrected chi connectivity index (χ2v) is 10.3. The van der Waals surface area contributed by atoms with E-state index in [9.17, 15) is 23.1 Å². The Bertz CT molecular complexity index is 1080. The SMILES string of the molecule is CCCC[C@@H](C(=O)O)N(C(=O)[C@@H]1Cc2ccccc2CN1)S(=O)(=O)c1ccc(CCC)cc1. The number of amides is 1. The Labute approximate surface area is 195 Å². The smallest absolute Gasteiger partial charge is 0.327 e. The van der Waals surface area contributed by atoms with Crippen molar-refractivity contribution in [2.75, 3.05) is 0 Å². The molecule has 7 nitrogen and oxygen atoms in total. The normalized spacial score (nSPS) is 16.6. The van der Waals surface area contributed by atoms with E-state index in [2.05, 4.69) is 5.32 Å². The van der Waals surface area contributed by atoms with E-state index >= 15 is 0 Å². The number of carbonyl (C=O) groups excluding carboxylic acids is 1. The van der Waals surface area contributed by atoms with Crippen molar-refractivity contribution in [3.8, 4) is 0 Å². The van der Waals surface area contributed by atoms with Crippen LogP contribution in [-0.4, -0.2) is 41.8 Å². The number of carbonyl (C=O) groups is 2. The monoisotopic (exact) mass is 472 g/mol. The number of carboxylic acid groups (broad SMARTS) is 1. The molecule has 0 bridgehead atoms. The molecule has 0 saturated carbocycles. The van der Waals surface area contributed by atoms with Crippen molar-refractivity contribution in [1.82, 2.24) is 9.62 Å². The summed E-state index contributed by atoms with van der Waals surface area (Å²) in [7, 11) is -4.37. The van der Waals surface area contributed by atoms with Gasteiger partial charge in [0.2, 0.25) is 0 Å². The molecular formula is C25H32N2O5S. The molecule has 178 valence electrons. The number of aryl methyl sites for hydroxylation is 1. The second kappa shape index (κ2) is 10.9. The topological polar surface area (TPSA) is 104 Å². The van der Waals surface area contributed by atoms with Crippen LogP contribution in [-0.2, 0) is 39.0 Å². The number of rotatable bonds is 10. The third kappa shape index (κ3) is 5.62. The molecule has 2 aromatic rings. The zero-order valence-corrected chi connectivity index (χ0v) is 20.0. The quantitative estimate of drug-likeness (QED) is 0.548. The van der Waals surface area contributed by atoms with Crippen molar-refractivity contribution in [2.45, 2.75) is 75.9 Å². The van der Waals surface area contributed by atoms with E-state index < -0.39 is 34.0 Å². The molecule has 2 aromatic carbocycles. The lowest BCUT2D eigenvalue weighted by molar-refractivity contribution is -0.147. The number of unbranched alkanes of at least 4 members (excludes halogenated alkanes) is 1. The van der Waals surface area contributed by atoms with Crippen molar-refractivity contribution in [3.63, 3.8) is 0 Å². The Morgan fingerprint density at radius 3 is 2.33 bits per heavy atom. The van der Waals surface area contributed by atoms with Crippen LogP contribution in [0.3, 0.4) is 0 Å². The summed E-state index contributed by atoms with van der Waals surface area (Å²) in [4.78, 5) is 25.7. The van der Waals surface area contributed by atoms with E-state index in [0.29, 0.717) is 30.1 Å². The number of nitrogens with one attached hydrogen (secondary N) is 1. The summed E-state index contributed by atoms with van der Waals surface area (Å²) in [5, 5.41) is 13.0. The first kappa shape index (κ1) is 24.9. The van der Waals surface area contributed by atoms with Gasteiger partial charge >= 0.3 is 5.97 Å². The standard InChI is InChI=1S/C25H32N2O5S/c1-3-5-11-23(25(29)30)27(33(31,32)21-14-12-18(8-4-2)13-15-21)24(28)22-16-19-9-6-7-10-20(19)17-26-22/h6-7,9-10,12-15,22-23,26H,3-5,8,11,16-17H2,1-2H3,(H,29,30)/t22-,23-/m0/s1. The van der Waals surface area contributed by atoms with E-state index in [0.717, 1.165) is 29.5 Å². The fourth-order valence-corrected chi connectivity index (χ4v) is 5.79. The van der Waals surface area contributed by atoms with Crippen LogP contribution < -0.4 is 5.32 Å². The Balaban J connectivity index is 2.00. The maximum atomic E-state index is 13.7. The highest BCUT2D eigenvalue weighted by atomic mass is 32.2. The molecule has 0 spiro atoms. The Morgan fingerprint density at radius 2 is 1.73 bits per heavy atom. The number of sulfonamides is 1. The van der Waals surface area contributed by atoms with Gasteiger partial charge in [-0.05, 0) is 48.1 Å². The molecule has 3 rings (SSSR count). The molecule has 8 heteroatoms. The fourth-order valence-electron chi connectivity index (χ4n) is 4.19. The summed E-state index contributed by atoms with van der Waals surface area (Å²) in [6, 6.07) is 11.7. The van der Waals surface area contributed by atoms with E-state index in [1.807, 2.05) is 38.1 Å². The summed E-state index contributed by atoms with van der Waals surface area (Å²) in [5.41, 5.74) is 2.99. The highest BCUT2D eigenvalue weighted by molar-refractivity contribution is 7.89. The summed E-state index contributed by atoms with van der Waals surface area (Å²) < 4.78 is 27.9. The van der Waals surface area contributed by atoms with Crippen molar-refractivity contribution in [1.29, 1.82) is 0 Å². The Kier molecular flexibility index (Phi) is 8.26. The molecule has 0 radical (unpaired) electrons. The van der Waals surface area contributed by atoms with Crippen LogP contribution in [0.2, 0.25) is 0 Å². The van der Waals surface area contributed by atoms with Crippen LogP contribution in [0.25, 0.3) is 0 Å². The highest BCUT2D eigenvalue weighted by Crippen LogP contribution is 2.26. The minimum Gasteiger partial charge on any atom is -0.480 e. The predicted molar refractivity (Wildman–Crippen MR) is 126 cm³/mol. The lowest BCUT2D eigenvalue weighted by Crippen LogP contribution is -2.56. The maximum absolute atomic E-state index is 13.7. The Morgan fingerprint density at radius 1 is 1.06 bits per heavy atom. The second-order valence-electron chi connectivity index (χ2n) is 8.44. The van der Waals surface area contributed by atoms with E-state index in [-0.39, 0.29) is 11.3 Å². The molecule has 2 atom stereocenters. The van der Waals surface area contributed by atoms with Gasteiger partial charge in [0.25, 0.3) is 15.9 Å². The van der Waals surface area contributed by atoms with Crippen LogP contribution in [0.4, 0.5) is 0 Å². The first-order chi connectivity index (χ1) is 15.8. The summed E-state index contributed by atoms with van der Waals surface area (Å²) in [6.07, 6.45) is 3.27. The van der Waals surface area contributed by atoms with Gasteiger partial charge in [-0.2, -0.15) is 0 Å². The molecule has 1 aliphatic rings. The van der Waals surface area contributed by atoms with Crippen LogP contribution >= 0.6 is 0 Å². The lowest BCUT2D eigenvalue weighted by Gasteiger charge is -2.33. The van der Waals surface area contributed by atoms with Gasteiger partial charge in [0.15, 0.2) is 0 Å². The number of nitrogens with zero attached hydrogens (tertiary/aromatic N) is 1. The van der Waals surface area contributed by atoms with Gasteiger partial charge in [0, 0.05) is 6.54 Å². The van der Waals surface area contributed by atoms with Gasteiger partial charge in [-0.3, -0.25) is 4.79 Å². The van der Waals surface area contributed by atoms with Crippen LogP contribution in [0.15, 0.2) is 53.4 Å². The molecule has 1 aliphatic heterocycles. The molecule has 0 unspecified atom stereocenters. The molecular weight excluding hydrogens is 440 g/mol. The number of benzene rings is 2. The zero-order chi connectivity index (χ0) is 24.0. The van der Waals surface area contributed by atoms with Crippen molar-refractivity contribution in [3.05, 3.63) is 65.2 Å². The third-order valence-electron chi connectivity index (χ3n) is 6.01. The fraction of sp³-hybridized carbons (Fsp3) is 0.440. The molecule has 2 N–H and O–H groups in total. The minimum atomic E-state index is -4.37. The van der Waals surface area contributed by atoms with Crippen LogP contribution in [0, 0.1) is 0 Å². The maximum Gasteiger partial charge on any atom is 0.327 e. The number of fused-ring (bicyclic) bond motifs is 1. The van der Waals surface area contributed by atoms with Gasteiger partial charge in [0.1, 0.15) is 6.04 Å². The van der Waals surface area contributed by atoms with E-state index in [1.165, 1.54) is 12.1 Å². The molecule has 33 heavy (non-hydrogen) atoms.